The Balaban J connectivity index is 1.58. The van der Waals surface area contributed by atoms with E-state index in [0.717, 1.165) is 39.9 Å². The summed E-state index contributed by atoms with van der Waals surface area (Å²) in [7, 11) is 1.68. The van der Waals surface area contributed by atoms with Crippen LogP contribution in [0.25, 0.3) is 10.9 Å². The molecule has 5 rings (SSSR count). The highest BCUT2D eigenvalue weighted by Gasteiger charge is 2.35. The molecule has 168 valence electrons. The number of benzene rings is 3. The van der Waals surface area contributed by atoms with Crippen LogP contribution in [0.2, 0.25) is 5.02 Å². The summed E-state index contributed by atoms with van der Waals surface area (Å²) in [5.41, 5.74) is 7.21. The van der Waals surface area contributed by atoms with Crippen molar-refractivity contribution in [1.82, 2.24) is 9.88 Å². The van der Waals surface area contributed by atoms with E-state index in [1.54, 1.807) is 7.11 Å². The van der Waals surface area contributed by atoms with Gasteiger partial charge in [0.2, 0.25) is 0 Å². The highest BCUT2D eigenvalue weighted by atomic mass is 35.5. The van der Waals surface area contributed by atoms with Crippen LogP contribution in [0.3, 0.4) is 0 Å². The third-order valence-electron chi connectivity index (χ3n) is 6.35. The number of rotatable bonds is 3. The number of urea groups is 1. The number of halogens is 1. The summed E-state index contributed by atoms with van der Waals surface area (Å²) in [5.74, 6) is 0.824. The second kappa shape index (κ2) is 8.49. The molecule has 0 saturated heterocycles. The number of amides is 2. The van der Waals surface area contributed by atoms with Crippen LogP contribution in [0, 0.1) is 13.8 Å². The average Bonchev–Trinajstić information content (AvgIpc) is 3.18. The topological polar surface area (TPSA) is 57.4 Å². The first-order chi connectivity index (χ1) is 15.9. The summed E-state index contributed by atoms with van der Waals surface area (Å²) in [6, 6.07) is 19.7. The number of carbonyl (C=O) groups is 1. The fraction of sp³-hybridized carbons (Fsp3) is 0.222. The Morgan fingerprint density at radius 1 is 1.06 bits per heavy atom. The average molecular weight is 460 g/mol. The third-order valence-corrected chi connectivity index (χ3v) is 6.67. The van der Waals surface area contributed by atoms with Crippen LogP contribution in [0.1, 0.15) is 34.0 Å². The van der Waals surface area contributed by atoms with Gasteiger partial charge in [0, 0.05) is 23.1 Å². The predicted molar refractivity (Wildman–Crippen MR) is 133 cm³/mol. The molecule has 1 aliphatic heterocycles. The van der Waals surface area contributed by atoms with Gasteiger partial charge in [0.05, 0.1) is 23.9 Å². The Bertz CT molecular complexity index is 1340. The molecule has 2 N–H and O–H groups in total. The highest BCUT2D eigenvalue weighted by molar-refractivity contribution is 6.33. The smallest absolute Gasteiger partial charge is 0.322 e. The number of hydrogen-bond donors (Lipinski definition) is 2. The number of carbonyl (C=O) groups excluding carboxylic acids is 1. The number of nitrogens with zero attached hydrogens (tertiary/aromatic N) is 1. The van der Waals surface area contributed by atoms with Gasteiger partial charge in [0.25, 0.3) is 0 Å². The van der Waals surface area contributed by atoms with E-state index in [2.05, 4.69) is 47.6 Å². The first kappa shape index (κ1) is 21.4. The first-order valence-electron chi connectivity index (χ1n) is 11.0. The van der Waals surface area contributed by atoms with E-state index >= 15 is 0 Å². The monoisotopic (exact) mass is 459 g/mol. The van der Waals surface area contributed by atoms with Crippen molar-refractivity contribution in [3.05, 3.63) is 93.6 Å². The van der Waals surface area contributed by atoms with E-state index in [9.17, 15) is 4.79 Å². The molecule has 6 heteroatoms. The Morgan fingerprint density at radius 2 is 1.82 bits per heavy atom. The molecule has 0 radical (unpaired) electrons. The molecule has 0 aliphatic carbocycles. The van der Waals surface area contributed by atoms with Gasteiger partial charge in [-0.05, 0) is 67.3 Å². The molecular weight excluding hydrogens is 434 g/mol. The second-order valence-electron chi connectivity index (χ2n) is 8.60. The maximum Gasteiger partial charge on any atom is 0.322 e. The van der Waals surface area contributed by atoms with Crippen molar-refractivity contribution in [3.8, 4) is 5.75 Å². The summed E-state index contributed by atoms with van der Waals surface area (Å²) in [4.78, 5) is 19.0. The second-order valence-corrected chi connectivity index (χ2v) is 9.01. The van der Waals surface area contributed by atoms with Gasteiger partial charge in [-0.2, -0.15) is 0 Å². The van der Waals surface area contributed by atoms with Crippen LogP contribution in [-0.4, -0.2) is 29.6 Å². The number of nitrogens with one attached hydrogen (secondary N) is 2. The fourth-order valence-electron chi connectivity index (χ4n) is 4.62. The van der Waals surface area contributed by atoms with Gasteiger partial charge in [0.15, 0.2) is 0 Å². The first-order valence-corrected chi connectivity index (χ1v) is 11.4. The third kappa shape index (κ3) is 3.93. The van der Waals surface area contributed by atoms with Crippen LogP contribution in [0.4, 0.5) is 10.5 Å². The van der Waals surface area contributed by atoms with Crippen molar-refractivity contribution < 1.29 is 9.53 Å². The van der Waals surface area contributed by atoms with E-state index in [1.807, 2.05) is 42.2 Å². The van der Waals surface area contributed by atoms with Crippen LogP contribution >= 0.6 is 11.6 Å². The number of hydrogen-bond acceptors (Lipinski definition) is 2. The minimum Gasteiger partial charge on any atom is -0.497 e. The number of methoxy groups -OCH3 is 1. The SMILES string of the molecule is COc1ccc2[nH]c3c(c2c1)CCN(C(=O)Nc1ccc(C)cc1Cl)[C@H]3c1ccc(C)cc1. The lowest BCUT2D eigenvalue weighted by Crippen LogP contribution is -2.43. The number of anilines is 1. The number of aromatic amines is 1. The van der Waals surface area contributed by atoms with Gasteiger partial charge in [-0.3, -0.25) is 0 Å². The van der Waals surface area contributed by atoms with Crippen LogP contribution < -0.4 is 10.1 Å². The zero-order chi connectivity index (χ0) is 23.1. The largest absolute Gasteiger partial charge is 0.497 e. The minimum absolute atomic E-state index is 0.173. The molecular formula is C27H26ClN3O2. The molecule has 2 amide bonds. The number of H-pyrrole nitrogens is 1. The molecule has 0 saturated carbocycles. The lowest BCUT2D eigenvalue weighted by atomic mass is 9.92. The summed E-state index contributed by atoms with van der Waals surface area (Å²) >= 11 is 6.40. The summed E-state index contributed by atoms with van der Waals surface area (Å²) in [6.45, 7) is 4.63. The molecule has 3 aromatic carbocycles. The van der Waals surface area contributed by atoms with E-state index < -0.39 is 0 Å². The molecule has 1 aliphatic rings. The van der Waals surface area contributed by atoms with Crippen molar-refractivity contribution >= 4 is 34.2 Å². The fourth-order valence-corrected chi connectivity index (χ4v) is 4.90. The summed E-state index contributed by atoms with van der Waals surface area (Å²) in [5, 5.41) is 4.70. The van der Waals surface area contributed by atoms with E-state index in [1.165, 1.54) is 11.1 Å². The molecule has 1 aromatic heterocycles. The van der Waals surface area contributed by atoms with Gasteiger partial charge in [0.1, 0.15) is 5.75 Å². The lowest BCUT2D eigenvalue weighted by molar-refractivity contribution is 0.193. The molecule has 5 nitrogen and oxygen atoms in total. The van der Waals surface area contributed by atoms with Crippen molar-refractivity contribution in [3.63, 3.8) is 0 Å². The lowest BCUT2D eigenvalue weighted by Gasteiger charge is -2.36. The Labute approximate surface area is 198 Å². The van der Waals surface area contributed by atoms with Crippen LogP contribution in [0.15, 0.2) is 60.7 Å². The van der Waals surface area contributed by atoms with Gasteiger partial charge >= 0.3 is 6.03 Å². The number of fused-ring (bicyclic) bond motifs is 3. The Hall–Kier alpha value is -3.44. The maximum absolute atomic E-state index is 13.5. The summed E-state index contributed by atoms with van der Waals surface area (Å²) < 4.78 is 5.45. The van der Waals surface area contributed by atoms with Gasteiger partial charge < -0.3 is 19.9 Å². The quantitative estimate of drug-likeness (QED) is 0.361. The van der Waals surface area contributed by atoms with Crippen molar-refractivity contribution in [2.75, 3.05) is 19.0 Å². The number of aryl methyl sites for hydroxylation is 2. The standard InChI is InChI=1S/C27H26ClN3O2/c1-16-4-7-18(8-5-16)26-25-20(21-15-19(33-3)9-11-23(21)29-25)12-13-31(26)27(32)30-24-10-6-17(2)14-22(24)28/h4-11,14-15,26,29H,12-13H2,1-3H3,(H,30,32)/t26-/m0/s1. The minimum atomic E-state index is -0.239. The Morgan fingerprint density at radius 3 is 2.55 bits per heavy atom. The van der Waals surface area contributed by atoms with Gasteiger partial charge in [-0.1, -0.05) is 47.5 Å². The van der Waals surface area contributed by atoms with Crippen LogP contribution in [0.5, 0.6) is 5.75 Å². The number of aromatic nitrogens is 1. The van der Waals surface area contributed by atoms with Gasteiger partial charge in [-0.25, -0.2) is 4.79 Å². The van der Waals surface area contributed by atoms with Gasteiger partial charge in [-0.15, -0.1) is 0 Å². The van der Waals surface area contributed by atoms with E-state index in [-0.39, 0.29) is 12.1 Å². The molecule has 33 heavy (non-hydrogen) atoms. The molecule has 0 bridgehead atoms. The number of ether oxygens (including phenoxy) is 1. The molecule has 0 unspecified atom stereocenters. The predicted octanol–water partition coefficient (Wildman–Crippen LogP) is 6.63. The van der Waals surface area contributed by atoms with Crippen LogP contribution in [-0.2, 0) is 6.42 Å². The zero-order valence-electron chi connectivity index (χ0n) is 18.9. The Kier molecular flexibility index (Phi) is 5.51. The van der Waals surface area contributed by atoms with E-state index in [4.69, 9.17) is 16.3 Å². The van der Waals surface area contributed by atoms with Crippen molar-refractivity contribution in [2.24, 2.45) is 0 Å². The highest BCUT2D eigenvalue weighted by Crippen LogP contribution is 2.40. The van der Waals surface area contributed by atoms with E-state index in [0.29, 0.717) is 17.3 Å². The molecule has 1 atom stereocenters. The summed E-state index contributed by atoms with van der Waals surface area (Å²) in [6.07, 6.45) is 0.750. The normalized spacial score (nSPS) is 15.4. The molecule has 4 aromatic rings. The molecule has 2 heterocycles. The molecule has 0 spiro atoms. The zero-order valence-corrected chi connectivity index (χ0v) is 19.7. The molecule has 0 fully saturated rings. The maximum atomic E-state index is 13.5. The van der Waals surface area contributed by atoms with Crippen molar-refractivity contribution in [1.29, 1.82) is 0 Å². The van der Waals surface area contributed by atoms with Crippen molar-refractivity contribution in [2.45, 2.75) is 26.3 Å².